The Bertz CT molecular complexity index is 833. The summed E-state index contributed by atoms with van der Waals surface area (Å²) in [4.78, 5) is 2.19. The van der Waals surface area contributed by atoms with Crippen molar-refractivity contribution in [1.82, 2.24) is 4.90 Å². The second kappa shape index (κ2) is 7.47. The highest BCUT2D eigenvalue weighted by atomic mass is 19.1. The van der Waals surface area contributed by atoms with Crippen LogP contribution in [0.5, 0.6) is 5.75 Å². The van der Waals surface area contributed by atoms with E-state index < -0.39 is 11.8 Å². The highest BCUT2D eigenvalue weighted by Crippen LogP contribution is 2.47. The summed E-state index contributed by atoms with van der Waals surface area (Å²) in [6.45, 7) is 7.35. The van der Waals surface area contributed by atoms with Crippen molar-refractivity contribution in [2.24, 2.45) is 5.92 Å². The number of halogens is 2. The minimum atomic E-state index is -1.10. The molecule has 1 aliphatic carbocycles. The van der Waals surface area contributed by atoms with Gasteiger partial charge in [-0.3, -0.25) is 4.90 Å². The summed E-state index contributed by atoms with van der Waals surface area (Å²) < 4.78 is 34.4. The van der Waals surface area contributed by atoms with Crippen molar-refractivity contribution in [3.63, 3.8) is 0 Å². The number of rotatable bonds is 6. The molecule has 1 aliphatic heterocycles. The van der Waals surface area contributed by atoms with Crippen LogP contribution in [0.1, 0.15) is 61.7 Å². The van der Waals surface area contributed by atoms with Gasteiger partial charge in [-0.15, -0.1) is 0 Å². The Morgan fingerprint density at radius 2 is 1.79 bits per heavy atom. The smallest absolute Gasteiger partial charge is 0.138 e. The molecule has 28 heavy (non-hydrogen) atoms. The summed E-state index contributed by atoms with van der Waals surface area (Å²) in [5.74, 6) is 0.595. The monoisotopic (exact) mass is 385 g/mol. The van der Waals surface area contributed by atoms with Gasteiger partial charge in [0, 0.05) is 25.0 Å². The first kappa shape index (κ1) is 19.4. The van der Waals surface area contributed by atoms with Crippen LogP contribution in [0.15, 0.2) is 42.5 Å². The molecule has 4 atom stereocenters. The van der Waals surface area contributed by atoms with Gasteiger partial charge in [0.2, 0.25) is 0 Å². The van der Waals surface area contributed by atoms with Gasteiger partial charge in [-0.05, 0) is 61.1 Å². The van der Waals surface area contributed by atoms with Crippen molar-refractivity contribution in [1.29, 1.82) is 0 Å². The van der Waals surface area contributed by atoms with Gasteiger partial charge in [-0.25, -0.2) is 8.78 Å². The molecule has 1 saturated carbocycles. The zero-order valence-electron chi connectivity index (χ0n) is 16.9. The first-order valence-electron chi connectivity index (χ1n) is 10.3. The van der Waals surface area contributed by atoms with Gasteiger partial charge in [0.25, 0.3) is 0 Å². The van der Waals surface area contributed by atoms with Gasteiger partial charge in [0.05, 0.1) is 6.61 Å². The number of fused-ring (bicyclic) bond motifs is 1. The molecule has 0 bridgehead atoms. The average molecular weight is 385 g/mol. The number of hydrogen-bond donors (Lipinski definition) is 0. The normalized spacial score (nSPS) is 29.4. The van der Waals surface area contributed by atoms with Gasteiger partial charge < -0.3 is 4.74 Å². The lowest BCUT2D eigenvalue weighted by atomic mass is 9.91. The summed E-state index contributed by atoms with van der Waals surface area (Å²) in [5.41, 5.74) is 3.15. The third-order valence-corrected chi connectivity index (χ3v) is 6.39. The first-order valence-corrected chi connectivity index (χ1v) is 10.3. The zero-order chi connectivity index (χ0) is 19.9. The Balaban J connectivity index is 1.45. The largest absolute Gasteiger partial charge is 0.493 e. The van der Waals surface area contributed by atoms with Crippen LogP contribution in [0.3, 0.4) is 0 Å². The maximum Gasteiger partial charge on any atom is 0.138 e. The number of hydrogen-bond acceptors (Lipinski definition) is 2. The molecule has 4 rings (SSSR count). The number of nitrogens with zero attached hydrogens (tertiary/aromatic N) is 1. The summed E-state index contributed by atoms with van der Waals surface area (Å²) >= 11 is 0. The number of aryl methyl sites for hydroxylation is 1. The molecule has 4 heteroatoms. The standard InChI is InChI=1S/C24H29F2NO/c1-4-17-5-7-18(8-6-17)13-27-14-23(25)22-11-20(9-10-21(22)16(27)2)28-15-19-12-24(19,3)26/h5-11,16,19,23H,4,12-15H2,1-3H3. The van der Waals surface area contributed by atoms with Crippen molar-refractivity contribution in [2.45, 2.75) is 58.0 Å². The van der Waals surface area contributed by atoms with Crippen LogP contribution in [0.2, 0.25) is 0 Å². The molecule has 0 N–H and O–H groups in total. The molecule has 0 spiro atoms. The Kier molecular flexibility index (Phi) is 5.17. The van der Waals surface area contributed by atoms with Gasteiger partial charge >= 0.3 is 0 Å². The van der Waals surface area contributed by atoms with E-state index in [-0.39, 0.29) is 12.0 Å². The van der Waals surface area contributed by atoms with Crippen molar-refractivity contribution >= 4 is 0 Å². The number of alkyl halides is 2. The fraction of sp³-hybridized carbons (Fsp3) is 0.500. The summed E-state index contributed by atoms with van der Waals surface area (Å²) in [5, 5.41) is 0. The Morgan fingerprint density at radius 1 is 1.11 bits per heavy atom. The average Bonchev–Trinajstić information content (AvgIpc) is 3.31. The van der Waals surface area contributed by atoms with E-state index in [0.717, 1.165) is 18.5 Å². The van der Waals surface area contributed by atoms with E-state index in [2.05, 4.69) is 43.0 Å². The van der Waals surface area contributed by atoms with E-state index in [9.17, 15) is 8.78 Å². The van der Waals surface area contributed by atoms with Gasteiger partial charge in [0.1, 0.15) is 17.6 Å². The maximum atomic E-state index is 15.0. The van der Waals surface area contributed by atoms with Crippen molar-refractivity contribution in [3.05, 3.63) is 64.7 Å². The van der Waals surface area contributed by atoms with E-state index in [0.29, 0.717) is 30.9 Å². The Hall–Kier alpha value is -1.94. The van der Waals surface area contributed by atoms with Crippen LogP contribution in [0.25, 0.3) is 0 Å². The maximum absolute atomic E-state index is 15.0. The molecule has 2 aliphatic rings. The summed E-state index contributed by atoms with van der Waals surface area (Å²) in [6, 6.07) is 14.4. The van der Waals surface area contributed by atoms with E-state index in [4.69, 9.17) is 4.74 Å². The van der Waals surface area contributed by atoms with E-state index >= 15 is 0 Å². The van der Waals surface area contributed by atoms with Crippen LogP contribution in [-0.2, 0) is 13.0 Å². The van der Waals surface area contributed by atoms with Gasteiger partial charge in [-0.2, -0.15) is 0 Å². The van der Waals surface area contributed by atoms with Gasteiger partial charge in [-0.1, -0.05) is 37.3 Å². The van der Waals surface area contributed by atoms with Gasteiger partial charge in [0.15, 0.2) is 0 Å². The van der Waals surface area contributed by atoms with Crippen molar-refractivity contribution in [2.75, 3.05) is 13.2 Å². The SMILES string of the molecule is CCc1ccc(CN2CC(F)c3cc(OCC4CC4(C)F)ccc3C2C)cc1. The predicted octanol–water partition coefficient (Wildman–Crippen LogP) is 5.96. The fourth-order valence-corrected chi connectivity index (χ4v) is 4.12. The van der Waals surface area contributed by atoms with Crippen LogP contribution in [-0.4, -0.2) is 23.7 Å². The van der Waals surface area contributed by atoms with E-state index in [1.54, 1.807) is 6.92 Å². The molecule has 0 saturated heterocycles. The quantitative estimate of drug-likeness (QED) is 0.608. The number of ether oxygens (including phenoxy) is 1. The Labute approximate surface area is 166 Å². The fourth-order valence-electron chi connectivity index (χ4n) is 4.12. The minimum absolute atomic E-state index is 0.0433. The lowest BCUT2D eigenvalue weighted by molar-refractivity contribution is 0.122. The molecule has 2 aromatic rings. The van der Waals surface area contributed by atoms with E-state index in [1.165, 1.54) is 11.1 Å². The minimum Gasteiger partial charge on any atom is -0.493 e. The molecule has 4 unspecified atom stereocenters. The Morgan fingerprint density at radius 3 is 2.43 bits per heavy atom. The molecule has 2 aromatic carbocycles. The second-order valence-electron chi connectivity index (χ2n) is 8.52. The lowest BCUT2D eigenvalue weighted by Gasteiger charge is -2.37. The molecule has 1 fully saturated rings. The van der Waals surface area contributed by atoms with Crippen molar-refractivity contribution < 1.29 is 13.5 Å². The highest BCUT2D eigenvalue weighted by molar-refractivity contribution is 5.41. The highest BCUT2D eigenvalue weighted by Gasteiger charge is 2.51. The second-order valence-corrected chi connectivity index (χ2v) is 8.52. The van der Waals surface area contributed by atoms with Crippen LogP contribution >= 0.6 is 0 Å². The molecular formula is C24H29F2NO. The molecular weight excluding hydrogens is 356 g/mol. The summed E-state index contributed by atoms with van der Waals surface area (Å²) in [6.07, 6.45) is 0.530. The van der Waals surface area contributed by atoms with Crippen molar-refractivity contribution in [3.8, 4) is 5.75 Å². The van der Waals surface area contributed by atoms with E-state index in [1.807, 2.05) is 18.2 Å². The third kappa shape index (κ3) is 3.93. The zero-order valence-corrected chi connectivity index (χ0v) is 16.9. The predicted molar refractivity (Wildman–Crippen MR) is 108 cm³/mol. The molecule has 1 heterocycles. The number of benzene rings is 2. The van der Waals surface area contributed by atoms with Crippen LogP contribution < -0.4 is 4.74 Å². The van der Waals surface area contributed by atoms with Crippen LogP contribution in [0, 0.1) is 5.92 Å². The summed E-state index contributed by atoms with van der Waals surface area (Å²) in [7, 11) is 0. The van der Waals surface area contributed by atoms with Crippen LogP contribution in [0.4, 0.5) is 8.78 Å². The molecule has 0 radical (unpaired) electrons. The molecule has 150 valence electrons. The molecule has 0 amide bonds. The topological polar surface area (TPSA) is 12.5 Å². The molecule has 0 aromatic heterocycles. The first-order chi connectivity index (χ1) is 13.4. The molecule has 2 nitrogen and oxygen atoms in total. The third-order valence-electron chi connectivity index (χ3n) is 6.39. The lowest BCUT2D eigenvalue weighted by Crippen LogP contribution is -2.35.